The van der Waals surface area contributed by atoms with E-state index < -0.39 is 0 Å². The van der Waals surface area contributed by atoms with E-state index in [1.807, 2.05) is 25.1 Å². The molecule has 2 aromatic rings. The van der Waals surface area contributed by atoms with Crippen LogP contribution in [0.4, 0.5) is 5.69 Å². The van der Waals surface area contributed by atoms with Crippen molar-refractivity contribution in [3.05, 3.63) is 36.3 Å². The lowest BCUT2D eigenvalue weighted by Gasteiger charge is -2.01. The lowest BCUT2D eigenvalue weighted by Crippen LogP contribution is -2.01. The number of nitrogens with zero attached hydrogens (tertiary/aromatic N) is 3. The first kappa shape index (κ1) is 7.79. The molecule has 0 saturated carbocycles. The van der Waals surface area contributed by atoms with Crippen molar-refractivity contribution in [2.75, 3.05) is 5.73 Å². The van der Waals surface area contributed by atoms with E-state index in [2.05, 4.69) is 10.1 Å². The molecule has 0 bridgehead atoms. The zero-order valence-corrected chi connectivity index (χ0v) is 7.31. The molecule has 0 aliphatic carbocycles. The predicted octanol–water partition coefficient (Wildman–Crippen LogP) is 1.16. The normalized spacial score (nSPS) is 10.2. The van der Waals surface area contributed by atoms with Crippen LogP contribution in [0.1, 0.15) is 5.69 Å². The van der Waals surface area contributed by atoms with Gasteiger partial charge < -0.3 is 5.73 Å². The van der Waals surface area contributed by atoms with E-state index >= 15 is 0 Å². The van der Waals surface area contributed by atoms with Crippen LogP contribution >= 0.6 is 0 Å². The minimum Gasteiger partial charge on any atom is -0.396 e. The Labute approximate surface area is 76.0 Å². The molecule has 2 aromatic heterocycles. The van der Waals surface area contributed by atoms with Crippen LogP contribution in [-0.4, -0.2) is 14.8 Å². The fourth-order valence-corrected chi connectivity index (χ4v) is 1.13. The first-order chi connectivity index (χ1) is 6.29. The molecule has 66 valence electrons. The lowest BCUT2D eigenvalue weighted by molar-refractivity contribution is 0.818. The van der Waals surface area contributed by atoms with Crippen molar-refractivity contribution >= 4 is 5.69 Å². The highest BCUT2D eigenvalue weighted by Gasteiger charge is 2.04. The fraction of sp³-hybridized carbons (Fsp3) is 0.111. The van der Waals surface area contributed by atoms with E-state index in [4.69, 9.17) is 5.73 Å². The van der Waals surface area contributed by atoms with E-state index in [9.17, 15) is 0 Å². The number of nitrogen functional groups attached to an aromatic ring is 1. The van der Waals surface area contributed by atoms with Crippen molar-refractivity contribution in [1.82, 2.24) is 14.8 Å². The quantitative estimate of drug-likeness (QED) is 0.705. The van der Waals surface area contributed by atoms with Gasteiger partial charge >= 0.3 is 0 Å². The highest BCUT2D eigenvalue weighted by molar-refractivity contribution is 5.43. The lowest BCUT2D eigenvalue weighted by atomic mass is 10.4. The second kappa shape index (κ2) is 2.90. The molecule has 0 fully saturated rings. The summed E-state index contributed by atoms with van der Waals surface area (Å²) in [6.45, 7) is 1.91. The number of aromatic nitrogens is 3. The Morgan fingerprint density at radius 3 is 2.77 bits per heavy atom. The zero-order chi connectivity index (χ0) is 9.26. The number of nitrogens with two attached hydrogens (primary N) is 1. The smallest absolute Gasteiger partial charge is 0.153 e. The molecule has 0 spiro atoms. The molecule has 0 aromatic carbocycles. The maximum atomic E-state index is 5.67. The Bertz CT molecular complexity index is 405. The van der Waals surface area contributed by atoms with Crippen LogP contribution in [0.5, 0.6) is 0 Å². The summed E-state index contributed by atoms with van der Waals surface area (Å²) in [5, 5.41) is 4.11. The summed E-state index contributed by atoms with van der Waals surface area (Å²) >= 11 is 0. The van der Waals surface area contributed by atoms with Crippen molar-refractivity contribution in [2.45, 2.75) is 6.92 Å². The Kier molecular flexibility index (Phi) is 1.73. The third-order valence-electron chi connectivity index (χ3n) is 1.91. The average molecular weight is 174 g/mol. The van der Waals surface area contributed by atoms with Crippen molar-refractivity contribution in [3.8, 4) is 5.82 Å². The number of pyridine rings is 1. The van der Waals surface area contributed by atoms with Gasteiger partial charge in [-0.3, -0.25) is 0 Å². The monoisotopic (exact) mass is 174 g/mol. The summed E-state index contributed by atoms with van der Waals surface area (Å²) in [6.07, 6.45) is 3.36. The van der Waals surface area contributed by atoms with Gasteiger partial charge in [-0.1, -0.05) is 6.07 Å². The molecule has 0 unspecified atom stereocenters. The Morgan fingerprint density at radius 1 is 1.38 bits per heavy atom. The molecule has 0 saturated heterocycles. The predicted molar refractivity (Wildman–Crippen MR) is 50.5 cm³/mol. The van der Waals surface area contributed by atoms with E-state index in [-0.39, 0.29) is 0 Å². The Morgan fingerprint density at radius 2 is 2.23 bits per heavy atom. The molecule has 2 heterocycles. The molecule has 0 aliphatic rings. The van der Waals surface area contributed by atoms with Crippen molar-refractivity contribution in [2.24, 2.45) is 0 Å². The largest absolute Gasteiger partial charge is 0.396 e. The summed E-state index contributed by atoms with van der Waals surface area (Å²) < 4.78 is 1.72. The van der Waals surface area contributed by atoms with Gasteiger partial charge in [0.2, 0.25) is 0 Å². The Balaban J connectivity index is 2.53. The van der Waals surface area contributed by atoms with Crippen molar-refractivity contribution in [1.29, 1.82) is 0 Å². The van der Waals surface area contributed by atoms with E-state index in [1.54, 1.807) is 17.1 Å². The summed E-state index contributed by atoms with van der Waals surface area (Å²) in [6, 6.07) is 5.67. The highest BCUT2D eigenvalue weighted by atomic mass is 15.3. The van der Waals surface area contributed by atoms with Gasteiger partial charge in [0.05, 0.1) is 17.6 Å². The molecule has 0 radical (unpaired) electrons. The number of rotatable bonds is 1. The number of hydrogen-bond acceptors (Lipinski definition) is 3. The SMILES string of the molecule is Cc1c(N)cnn1-c1ccccn1. The van der Waals surface area contributed by atoms with Crippen LogP contribution in [0, 0.1) is 6.92 Å². The summed E-state index contributed by atoms with van der Waals surface area (Å²) in [5.41, 5.74) is 7.27. The minimum absolute atomic E-state index is 0.686. The Hall–Kier alpha value is -1.84. The molecular formula is C9H10N4. The fourth-order valence-electron chi connectivity index (χ4n) is 1.13. The van der Waals surface area contributed by atoms with Gasteiger partial charge in [-0.2, -0.15) is 5.10 Å². The molecule has 13 heavy (non-hydrogen) atoms. The third-order valence-corrected chi connectivity index (χ3v) is 1.91. The standard InChI is InChI=1S/C9H10N4/c1-7-8(10)6-12-13(7)9-4-2-3-5-11-9/h2-6H,10H2,1H3. The highest BCUT2D eigenvalue weighted by Crippen LogP contribution is 2.12. The zero-order valence-electron chi connectivity index (χ0n) is 7.31. The summed E-state index contributed by atoms with van der Waals surface area (Å²) in [4.78, 5) is 4.17. The third kappa shape index (κ3) is 1.26. The molecule has 4 nitrogen and oxygen atoms in total. The van der Waals surface area contributed by atoms with Gasteiger partial charge in [-0.25, -0.2) is 9.67 Å². The van der Waals surface area contributed by atoms with Gasteiger partial charge in [0, 0.05) is 6.20 Å². The van der Waals surface area contributed by atoms with Crippen LogP contribution in [0.15, 0.2) is 30.6 Å². The average Bonchev–Trinajstić information content (AvgIpc) is 2.49. The second-order valence-corrected chi connectivity index (χ2v) is 2.79. The van der Waals surface area contributed by atoms with Crippen molar-refractivity contribution < 1.29 is 0 Å². The minimum atomic E-state index is 0.686. The molecule has 0 atom stereocenters. The number of hydrogen-bond donors (Lipinski definition) is 1. The van der Waals surface area contributed by atoms with Crippen LogP contribution in [-0.2, 0) is 0 Å². The van der Waals surface area contributed by atoms with Gasteiger partial charge in [-0.05, 0) is 19.1 Å². The van der Waals surface area contributed by atoms with E-state index in [1.165, 1.54) is 0 Å². The molecule has 4 heteroatoms. The molecule has 0 amide bonds. The number of anilines is 1. The van der Waals surface area contributed by atoms with Gasteiger partial charge in [0.15, 0.2) is 5.82 Å². The second-order valence-electron chi connectivity index (χ2n) is 2.79. The maximum absolute atomic E-state index is 5.67. The molecule has 2 rings (SSSR count). The first-order valence-corrected chi connectivity index (χ1v) is 4.00. The topological polar surface area (TPSA) is 56.7 Å². The molecule has 2 N–H and O–H groups in total. The first-order valence-electron chi connectivity index (χ1n) is 4.00. The maximum Gasteiger partial charge on any atom is 0.153 e. The van der Waals surface area contributed by atoms with Crippen LogP contribution in [0.3, 0.4) is 0 Å². The van der Waals surface area contributed by atoms with Crippen LogP contribution < -0.4 is 5.73 Å². The van der Waals surface area contributed by atoms with E-state index in [0.29, 0.717) is 5.69 Å². The summed E-state index contributed by atoms with van der Waals surface area (Å²) in [7, 11) is 0. The van der Waals surface area contributed by atoms with E-state index in [0.717, 1.165) is 11.5 Å². The summed E-state index contributed by atoms with van der Waals surface area (Å²) in [5.74, 6) is 0.789. The van der Waals surface area contributed by atoms with Gasteiger partial charge in [0.25, 0.3) is 0 Å². The van der Waals surface area contributed by atoms with Gasteiger partial charge in [0.1, 0.15) is 0 Å². The van der Waals surface area contributed by atoms with Crippen molar-refractivity contribution in [3.63, 3.8) is 0 Å². The van der Waals surface area contributed by atoms with Gasteiger partial charge in [-0.15, -0.1) is 0 Å². The molecular weight excluding hydrogens is 164 g/mol. The van der Waals surface area contributed by atoms with Crippen LogP contribution in [0.25, 0.3) is 5.82 Å². The molecule has 0 aliphatic heterocycles. The van der Waals surface area contributed by atoms with Crippen LogP contribution in [0.2, 0.25) is 0 Å².